The first-order chi connectivity index (χ1) is 15.2. The van der Waals surface area contributed by atoms with Gasteiger partial charge in [-0.15, -0.1) is 0 Å². The van der Waals surface area contributed by atoms with Gasteiger partial charge in [0, 0.05) is 5.39 Å². The van der Waals surface area contributed by atoms with E-state index in [1.54, 1.807) is 13.3 Å². The molecule has 7 nitrogen and oxygen atoms in total. The van der Waals surface area contributed by atoms with Crippen LogP contribution in [0.3, 0.4) is 0 Å². The fourth-order valence-electron chi connectivity index (χ4n) is 3.39. The van der Waals surface area contributed by atoms with Crippen LogP contribution in [-0.4, -0.2) is 22.9 Å². The van der Waals surface area contributed by atoms with E-state index in [2.05, 4.69) is 15.5 Å². The van der Waals surface area contributed by atoms with Crippen LogP contribution in [0.4, 0.5) is 5.95 Å². The lowest BCUT2D eigenvalue weighted by molar-refractivity contribution is 0.415. The second-order valence-electron chi connectivity index (χ2n) is 6.83. The highest BCUT2D eigenvalue weighted by atomic mass is 16.5. The number of methoxy groups -OCH3 is 1. The van der Waals surface area contributed by atoms with E-state index in [1.807, 2.05) is 78.9 Å². The number of aromatic nitrogens is 2. The molecule has 152 valence electrons. The molecule has 31 heavy (non-hydrogen) atoms. The smallest absolute Gasteiger partial charge is 0.303 e. The molecule has 2 heterocycles. The average Bonchev–Trinajstić information content (AvgIpc) is 3.19. The third-order valence-corrected chi connectivity index (χ3v) is 4.90. The number of hydrogen-bond donors (Lipinski definition) is 1. The van der Waals surface area contributed by atoms with Gasteiger partial charge >= 0.3 is 5.56 Å². The van der Waals surface area contributed by atoms with Crippen LogP contribution in [0.5, 0.6) is 5.75 Å². The van der Waals surface area contributed by atoms with Crippen LogP contribution in [-0.2, 0) is 0 Å². The van der Waals surface area contributed by atoms with Crippen molar-refractivity contribution in [3.8, 4) is 11.4 Å². The van der Waals surface area contributed by atoms with Crippen LogP contribution in [0, 0.1) is 0 Å². The molecule has 0 spiro atoms. The van der Waals surface area contributed by atoms with Gasteiger partial charge in [0.05, 0.1) is 19.0 Å². The van der Waals surface area contributed by atoms with E-state index in [1.165, 1.54) is 4.57 Å². The molecule has 0 fully saturated rings. The van der Waals surface area contributed by atoms with E-state index >= 15 is 0 Å². The van der Waals surface area contributed by atoms with Gasteiger partial charge in [0.1, 0.15) is 16.8 Å². The van der Waals surface area contributed by atoms with E-state index in [0.29, 0.717) is 22.7 Å². The fraction of sp³-hybridized carbons (Fsp3) is 0.0417. The number of furan rings is 1. The number of para-hydroxylation sites is 2. The quantitative estimate of drug-likeness (QED) is 0.339. The lowest BCUT2D eigenvalue weighted by Gasteiger charge is -2.11. The standard InChI is InChI=1S/C24H18N4O3/c1-30-18-13-11-16(12-14-18)15-25-27-24-26-21-19-9-5-6-10-20(19)31-22(21)23(29)28(24)17-7-3-2-4-8-17/h2-15H,1H3,(H,26,27)/b25-15+. The third-order valence-electron chi connectivity index (χ3n) is 4.90. The SMILES string of the molecule is COc1ccc(/C=N/Nc2nc3c(oc4ccccc43)c(=O)n2-c2ccccc2)cc1. The number of anilines is 1. The Morgan fingerprint density at radius 3 is 2.52 bits per heavy atom. The van der Waals surface area contributed by atoms with Crippen LogP contribution in [0.25, 0.3) is 27.8 Å². The number of hydrogen-bond acceptors (Lipinski definition) is 6. The van der Waals surface area contributed by atoms with Gasteiger partial charge in [0.25, 0.3) is 0 Å². The molecule has 0 atom stereocenters. The maximum absolute atomic E-state index is 13.3. The summed E-state index contributed by atoms with van der Waals surface area (Å²) in [5, 5.41) is 5.07. The van der Waals surface area contributed by atoms with E-state index in [9.17, 15) is 4.79 Å². The summed E-state index contributed by atoms with van der Waals surface area (Å²) in [5.74, 6) is 1.06. The molecule has 0 amide bonds. The van der Waals surface area contributed by atoms with E-state index in [0.717, 1.165) is 16.7 Å². The van der Waals surface area contributed by atoms with Crippen molar-refractivity contribution in [2.45, 2.75) is 0 Å². The Kier molecular flexibility index (Phi) is 4.68. The second kappa shape index (κ2) is 7.79. The number of nitrogens with zero attached hydrogens (tertiary/aromatic N) is 3. The van der Waals surface area contributed by atoms with Gasteiger partial charge in [-0.2, -0.15) is 5.10 Å². The molecule has 0 aliphatic carbocycles. The lowest BCUT2D eigenvalue weighted by Crippen LogP contribution is -2.22. The summed E-state index contributed by atoms with van der Waals surface area (Å²) >= 11 is 0. The van der Waals surface area contributed by atoms with Crippen LogP contribution in [0.2, 0.25) is 0 Å². The van der Waals surface area contributed by atoms with E-state index in [-0.39, 0.29) is 11.1 Å². The van der Waals surface area contributed by atoms with Crippen LogP contribution >= 0.6 is 0 Å². The molecular weight excluding hydrogens is 392 g/mol. The van der Waals surface area contributed by atoms with Gasteiger partial charge in [-0.25, -0.2) is 15.0 Å². The first-order valence-corrected chi connectivity index (χ1v) is 9.67. The summed E-state index contributed by atoms with van der Waals surface area (Å²) in [4.78, 5) is 18.0. The molecule has 0 aliphatic rings. The first-order valence-electron chi connectivity index (χ1n) is 9.67. The monoisotopic (exact) mass is 410 g/mol. The molecule has 3 aromatic carbocycles. The molecule has 0 radical (unpaired) electrons. The summed E-state index contributed by atoms with van der Waals surface area (Å²) < 4.78 is 12.4. The topological polar surface area (TPSA) is 81.7 Å². The fourth-order valence-corrected chi connectivity index (χ4v) is 3.39. The Balaban J connectivity index is 1.63. The minimum Gasteiger partial charge on any atom is -0.497 e. The maximum Gasteiger partial charge on any atom is 0.303 e. The molecular formula is C24H18N4O3. The normalized spacial score (nSPS) is 11.4. The summed E-state index contributed by atoms with van der Waals surface area (Å²) in [6.45, 7) is 0. The zero-order chi connectivity index (χ0) is 21.2. The van der Waals surface area contributed by atoms with Crippen LogP contribution in [0.1, 0.15) is 5.56 Å². The van der Waals surface area contributed by atoms with Crippen molar-refractivity contribution in [3.63, 3.8) is 0 Å². The van der Waals surface area contributed by atoms with E-state index < -0.39 is 0 Å². The number of benzene rings is 3. The van der Waals surface area contributed by atoms with Crippen molar-refractivity contribution in [1.29, 1.82) is 0 Å². The minimum absolute atomic E-state index is 0.203. The molecule has 0 saturated carbocycles. The predicted octanol–water partition coefficient (Wildman–Crippen LogP) is 4.59. The molecule has 2 aromatic heterocycles. The van der Waals surface area contributed by atoms with Crippen molar-refractivity contribution >= 4 is 34.2 Å². The van der Waals surface area contributed by atoms with Crippen molar-refractivity contribution in [3.05, 3.63) is 94.8 Å². The first kappa shape index (κ1) is 18.6. The van der Waals surface area contributed by atoms with Gasteiger partial charge in [0.2, 0.25) is 11.5 Å². The molecule has 0 bridgehead atoms. The third kappa shape index (κ3) is 3.42. The Hall–Kier alpha value is -4.39. The zero-order valence-electron chi connectivity index (χ0n) is 16.6. The molecule has 7 heteroatoms. The minimum atomic E-state index is -0.311. The largest absolute Gasteiger partial charge is 0.497 e. The number of ether oxygens (including phenoxy) is 1. The number of nitrogens with one attached hydrogen (secondary N) is 1. The molecule has 0 aliphatic heterocycles. The van der Waals surface area contributed by atoms with Gasteiger partial charge in [-0.1, -0.05) is 30.3 Å². The zero-order valence-corrected chi connectivity index (χ0v) is 16.6. The number of fused-ring (bicyclic) bond motifs is 3. The molecule has 5 aromatic rings. The Morgan fingerprint density at radius 1 is 1.00 bits per heavy atom. The maximum atomic E-state index is 13.3. The molecule has 0 saturated heterocycles. The van der Waals surface area contributed by atoms with Crippen molar-refractivity contribution in [2.75, 3.05) is 12.5 Å². The van der Waals surface area contributed by atoms with Gasteiger partial charge in [-0.05, 0) is 54.1 Å². The van der Waals surface area contributed by atoms with Gasteiger partial charge in [0.15, 0.2) is 0 Å². The number of hydrazone groups is 1. The number of rotatable bonds is 5. The predicted molar refractivity (Wildman–Crippen MR) is 121 cm³/mol. The molecule has 0 unspecified atom stereocenters. The highest BCUT2D eigenvalue weighted by molar-refractivity contribution is 6.02. The van der Waals surface area contributed by atoms with Crippen LogP contribution < -0.4 is 15.7 Å². The Labute approximate surface area is 177 Å². The summed E-state index contributed by atoms with van der Waals surface area (Å²) in [7, 11) is 1.62. The Bertz CT molecular complexity index is 1450. The highest BCUT2D eigenvalue weighted by Gasteiger charge is 2.18. The van der Waals surface area contributed by atoms with Crippen molar-refractivity contribution < 1.29 is 9.15 Å². The summed E-state index contributed by atoms with van der Waals surface area (Å²) in [5.41, 5.74) is 5.45. The van der Waals surface area contributed by atoms with Crippen molar-refractivity contribution in [1.82, 2.24) is 9.55 Å². The summed E-state index contributed by atoms with van der Waals surface area (Å²) in [6, 6.07) is 24.2. The van der Waals surface area contributed by atoms with Gasteiger partial charge in [-0.3, -0.25) is 4.79 Å². The molecule has 1 N–H and O–H groups in total. The lowest BCUT2D eigenvalue weighted by atomic mass is 10.2. The van der Waals surface area contributed by atoms with Crippen LogP contribution in [0.15, 0.2) is 93.2 Å². The highest BCUT2D eigenvalue weighted by Crippen LogP contribution is 2.26. The summed E-state index contributed by atoms with van der Waals surface area (Å²) in [6.07, 6.45) is 1.65. The Morgan fingerprint density at radius 2 is 1.74 bits per heavy atom. The van der Waals surface area contributed by atoms with Crippen molar-refractivity contribution in [2.24, 2.45) is 5.10 Å². The average molecular weight is 410 g/mol. The second-order valence-corrected chi connectivity index (χ2v) is 6.83. The van der Waals surface area contributed by atoms with Gasteiger partial charge < -0.3 is 9.15 Å². The molecule has 5 rings (SSSR count). The van der Waals surface area contributed by atoms with E-state index in [4.69, 9.17) is 9.15 Å².